The lowest BCUT2D eigenvalue weighted by molar-refractivity contribution is -0.156. The van der Waals surface area contributed by atoms with Gasteiger partial charge in [0, 0.05) is 0 Å². The Morgan fingerprint density at radius 1 is 1.30 bits per heavy atom. The van der Waals surface area contributed by atoms with Crippen LogP contribution in [-0.4, -0.2) is 29.1 Å². The molecule has 2 rings (SSSR count). The van der Waals surface area contributed by atoms with Crippen LogP contribution in [0.4, 0.5) is 8.78 Å². The molecule has 0 bridgehead atoms. The van der Waals surface area contributed by atoms with Gasteiger partial charge in [0.25, 0.3) is 5.91 Å². The Hall–Kier alpha value is -2.18. The van der Waals surface area contributed by atoms with E-state index in [0.29, 0.717) is 12.8 Å². The number of carbonyl (C=O) groups is 2. The molecule has 0 aliphatic heterocycles. The number of alkyl halides is 2. The van der Waals surface area contributed by atoms with E-state index < -0.39 is 28.9 Å². The summed E-state index contributed by atoms with van der Waals surface area (Å²) in [5.74, 6) is -6.87. The van der Waals surface area contributed by atoms with E-state index in [2.05, 4.69) is 5.32 Å². The molecule has 0 saturated heterocycles. The van der Waals surface area contributed by atoms with Gasteiger partial charge in [-0.2, -0.15) is 8.78 Å². The predicted octanol–water partition coefficient (Wildman–Crippen LogP) is 2.69. The van der Waals surface area contributed by atoms with Gasteiger partial charge < -0.3 is 15.2 Å². The minimum absolute atomic E-state index is 0.0917. The third-order valence-electron chi connectivity index (χ3n) is 4.03. The molecule has 1 fully saturated rings. The van der Waals surface area contributed by atoms with Crippen LogP contribution in [0.2, 0.25) is 0 Å². The number of hydrogen-bond donors (Lipinski definition) is 2. The summed E-state index contributed by atoms with van der Waals surface area (Å²) < 4.78 is 34.2. The highest BCUT2D eigenvalue weighted by Crippen LogP contribution is 2.37. The lowest BCUT2D eigenvalue weighted by Gasteiger charge is -2.28. The number of carbonyl (C=O) groups excluding carboxylic acids is 1. The number of carboxylic acid groups (broad SMARTS) is 1. The first-order valence-electron chi connectivity index (χ1n) is 7.49. The zero-order valence-corrected chi connectivity index (χ0v) is 12.8. The number of rotatable bonds is 6. The summed E-state index contributed by atoms with van der Waals surface area (Å²) in [5.41, 5.74) is -2.18. The number of para-hydroxylation sites is 1. The van der Waals surface area contributed by atoms with Crippen LogP contribution in [0, 0.1) is 0 Å². The number of nitrogens with one attached hydrogen (secondary N) is 1. The molecular formula is C16H19F2NO4. The van der Waals surface area contributed by atoms with Crippen molar-refractivity contribution in [1.82, 2.24) is 5.32 Å². The summed E-state index contributed by atoms with van der Waals surface area (Å²) in [5, 5.41) is 11.4. The van der Waals surface area contributed by atoms with E-state index in [4.69, 9.17) is 4.74 Å². The van der Waals surface area contributed by atoms with Gasteiger partial charge in [-0.05, 0) is 31.9 Å². The van der Waals surface area contributed by atoms with E-state index in [1.54, 1.807) is 6.92 Å². The lowest BCUT2D eigenvalue weighted by atomic mass is 9.96. The molecule has 0 aromatic heterocycles. The summed E-state index contributed by atoms with van der Waals surface area (Å²) >= 11 is 0. The summed E-state index contributed by atoms with van der Waals surface area (Å²) in [6.45, 7) is 1.82. The standard InChI is InChI=1S/C16H19F2NO4/c1-2-23-12-8-4-3-7-11(12)16(17,18)13(20)19-15(14(21)22)9-5-6-10-15/h3-4,7-8H,2,5-6,9-10H2,1H3,(H,19,20)(H,21,22). The van der Waals surface area contributed by atoms with E-state index in [9.17, 15) is 23.5 Å². The Labute approximate surface area is 132 Å². The first kappa shape index (κ1) is 17.2. The van der Waals surface area contributed by atoms with Gasteiger partial charge in [0.1, 0.15) is 11.3 Å². The quantitative estimate of drug-likeness (QED) is 0.842. The van der Waals surface area contributed by atoms with Crippen molar-refractivity contribution in [3.05, 3.63) is 29.8 Å². The van der Waals surface area contributed by atoms with Crippen molar-refractivity contribution in [2.45, 2.75) is 44.1 Å². The molecule has 1 amide bonds. The Morgan fingerprint density at radius 3 is 2.48 bits per heavy atom. The van der Waals surface area contributed by atoms with Gasteiger partial charge in [-0.3, -0.25) is 4.79 Å². The molecular weight excluding hydrogens is 308 g/mol. The normalized spacial score (nSPS) is 16.8. The number of amides is 1. The molecule has 1 aromatic rings. The molecule has 0 spiro atoms. The van der Waals surface area contributed by atoms with Crippen LogP contribution < -0.4 is 10.1 Å². The van der Waals surface area contributed by atoms with Crippen LogP contribution in [0.3, 0.4) is 0 Å². The Bertz CT molecular complexity index is 597. The molecule has 7 heteroatoms. The molecule has 0 unspecified atom stereocenters. The number of carboxylic acids is 1. The van der Waals surface area contributed by atoms with Gasteiger partial charge in [-0.15, -0.1) is 0 Å². The predicted molar refractivity (Wildman–Crippen MR) is 78.5 cm³/mol. The highest BCUT2D eigenvalue weighted by molar-refractivity contribution is 5.91. The van der Waals surface area contributed by atoms with E-state index in [1.807, 2.05) is 0 Å². The van der Waals surface area contributed by atoms with Gasteiger partial charge in [0.15, 0.2) is 0 Å². The van der Waals surface area contributed by atoms with E-state index in [1.165, 1.54) is 18.2 Å². The monoisotopic (exact) mass is 327 g/mol. The summed E-state index contributed by atoms with van der Waals surface area (Å²) in [4.78, 5) is 23.5. The summed E-state index contributed by atoms with van der Waals surface area (Å²) in [6.07, 6.45) is 1.45. The van der Waals surface area contributed by atoms with Crippen molar-refractivity contribution in [1.29, 1.82) is 0 Å². The maximum absolute atomic E-state index is 14.5. The van der Waals surface area contributed by atoms with Crippen molar-refractivity contribution in [3.63, 3.8) is 0 Å². The Kier molecular flexibility index (Phi) is 4.87. The van der Waals surface area contributed by atoms with Crippen LogP contribution in [0.15, 0.2) is 24.3 Å². The maximum atomic E-state index is 14.5. The SMILES string of the molecule is CCOc1ccccc1C(F)(F)C(=O)NC1(C(=O)O)CCCC1. The molecule has 1 aromatic carbocycles. The van der Waals surface area contributed by atoms with Crippen LogP contribution in [0.25, 0.3) is 0 Å². The number of ether oxygens (including phenoxy) is 1. The van der Waals surface area contributed by atoms with Gasteiger partial charge in [0.2, 0.25) is 0 Å². The topological polar surface area (TPSA) is 75.6 Å². The van der Waals surface area contributed by atoms with Crippen molar-refractivity contribution >= 4 is 11.9 Å². The lowest BCUT2D eigenvalue weighted by Crippen LogP contribution is -2.56. The molecule has 0 heterocycles. The van der Waals surface area contributed by atoms with Crippen molar-refractivity contribution in [2.75, 3.05) is 6.61 Å². The van der Waals surface area contributed by atoms with Gasteiger partial charge in [-0.1, -0.05) is 25.0 Å². The molecule has 1 aliphatic carbocycles. The number of benzene rings is 1. The van der Waals surface area contributed by atoms with E-state index in [-0.39, 0.29) is 25.2 Å². The third-order valence-corrected chi connectivity index (χ3v) is 4.03. The average Bonchev–Trinajstić information content (AvgIpc) is 2.98. The molecule has 0 atom stereocenters. The minimum atomic E-state index is -3.88. The maximum Gasteiger partial charge on any atom is 0.353 e. The van der Waals surface area contributed by atoms with Crippen LogP contribution in [-0.2, 0) is 15.5 Å². The number of hydrogen-bond acceptors (Lipinski definition) is 3. The third kappa shape index (κ3) is 3.28. The molecule has 1 aliphatic rings. The van der Waals surface area contributed by atoms with E-state index >= 15 is 0 Å². The van der Waals surface area contributed by atoms with Gasteiger partial charge >= 0.3 is 11.9 Å². The second-order valence-corrected chi connectivity index (χ2v) is 5.55. The Balaban J connectivity index is 2.28. The minimum Gasteiger partial charge on any atom is -0.493 e. The zero-order valence-electron chi connectivity index (χ0n) is 12.8. The fourth-order valence-corrected chi connectivity index (χ4v) is 2.80. The summed E-state index contributed by atoms with van der Waals surface area (Å²) in [6, 6.07) is 5.36. The van der Waals surface area contributed by atoms with Crippen molar-refractivity contribution < 1.29 is 28.2 Å². The van der Waals surface area contributed by atoms with Crippen LogP contribution in [0.5, 0.6) is 5.75 Å². The highest BCUT2D eigenvalue weighted by atomic mass is 19.3. The Morgan fingerprint density at radius 2 is 1.91 bits per heavy atom. The van der Waals surface area contributed by atoms with Gasteiger partial charge in [0.05, 0.1) is 12.2 Å². The van der Waals surface area contributed by atoms with Crippen molar-refractivity contribution in [2.24, 2.45) is 0 Å². The zero-order chi connectivity index (χ0) is 17.1. The molecule has 1 saturated carbocycles. The molecule has 2 N–H and O–H groups in total. The average molecular weight is 327 g/mol. The van der Waals surface area contributed by atoms with Crippen LogP contribution >= 0.6 is 0 Å². The molecule has 23 heavy (non-hydrogen) atoms. The second-order valence-electron chi connectivity index (χ2n) is 5.55. The smallest absolute Gasteiger partial charge is 0.353 e. The number of halogens is 2. The second kappa shape index (κ2) is 6.52. The van der Waals surface area contributed by atoms with E-state index in [0.717, 1.165) is 6.07 Å². The van der Waals surface area contributed by atoms with Crippen LogP contribution in [0.1, 0.15) is 38.2 Å². The summed E-state index contributed by atoms with van der Waals surface area (Å²) in [7, 11) is 0. The largest absolute Gasteiger partial charge is 0.493 e. The first-order chi connectivity index (χ1) is 10.8. The first-order valence-corrected chi connectivity index (χ1v) is 7.49. The molecule has 126 valence electrons. The van der Waals surface area contributed by atoms with Crippen molar-refractivity contribution in [3.8, 4) is 5.75 Å². The number of aliphatic carboxylic acids is 1. The highest BCUT2D eigenvalue weighted by Gasteiger charge is 2.50. The fraction of sp³-hybridized carbons (Fsp3) is 0.500. The molecule has 0 radical (unpaired) electrons. The fourth-order valence-electron chi connectivity index (χ4n) is 2.80. The van der Waals surface area contributed by atoms with Gasteiger partial charge in [-0.25, -0.2) is 4.79 Å². The molecule has 5 nitrogen and oxygen atoms in total.